The fourth-order valence-corrected chi connectivity index (χ4v) is 1.46. The van der Waals surface area contributed by atoms with E-state index >= 15 is 0 Å². The molecule has 0 aliphatic carbocycles. The van der Waals surface area contributed by atoms with Gasteiger partial charge in [-0.25, -0.2) is 0 Å². The molecule has 0 bridgehead atoms. The molecule has 0 heterocycles. The van der Waals surface area contributed by atoms with Gasteiger partial charge in [-0.3, -0.25) is 0 Å². The van der Waals surface area contributed by atoms with Crippen LogP contribution in [0.15, 0.2) is 23.2 Å². The highest BCUT2D eigenvalue weighted by Crippen LogP contribution is 2.22. The minimum absolute atomic E-state index is 0.654. The van der Waals surface area contributed by atoms with Crippen molar-refractivity contribution in [3.63, 3.8) is 0 Å². The molecule has 0 spiro atoms. The van der Waals surface area contributed by atoms with E-state index in [-0.39, 0.29) is 0 Å². The Labute approximate surface area is 83.9 Å². The van der Waals surface area contributed by atoms with Crippen LogP contribution in [-0.4, -0.2) is 0 Å². The monoisotopic (exact) mass is 250 g/mol. The normalized spacial score (nSPS) is 10.8. The molecule has 0 radical (unpaired) electrons. The van der Waals surface area contributed by atoms with Gasteiger partial charge in [0.1, 0.15) is 0 Å². The van der Waals surface area contributed by atoms with E-state index in [0.29, 0.717) is 10.0 Å². The van der Waals surface area contributed by atoms with Gasteiger partial charge in [-0.1, -0.05) is 45.2 Å². The quantitative estimate of drug-likeness (QED) is 0.696. The zero-order chi connectivity index (χ0) is 8.27. The maximum Gasteiger partial charge on any atom is 0.0493 e. The van der Waals surface area contributed by atoms with Gasteiger partial charge in [-0.05, 0) is 28.8 Å². The van der Waals surface area contributed by atoms with Crippen molar-refractivity contribution < 1.29 is 0 Å². The molecule has 0 N–H and O–H groups in total. The third-order valence-electron chi connectivity index (χ3n) is 1.21. The van der Waals surface area contributed by atoms with Crippen molar-refractivity contribution in [2.45, 2.75) is 0 Å². The second-order valence-corrected chi connectivity index (χ2v) is 3.33. The standard InChI is InChI=1S/C8H5BrCl2/c9-4-3-6-1-2-7(10)5-8(6)11/h1-5H/b4-3-. The lowest BCUT2D eigenvalue weighted by molar-refractivity contribution is 1.66. The van der Waals surface area contributed by atoms with Crippen LogP contribution in [0.4, 0.5) is 0 Å². The second kappa shape index (κ2) is 4.15. The van der Waals surface area contributed by atoms with Crippen LogP contribution in [-0.2, 0) is 0 Å². The van der Waals surface area contributed by atoms with Crippen molar-refractivity contribution in [2.75, 3.05) is 0 Å². The van der Waals surface area contributed by atoms with Crippen molar-refractivity contribution in [2.24, 2.45) is 0 Å². The Balaban J connectivity index is 3.09. The molecule has 1 aromatic rings. The summed E-state index contributed by atoms with van der Waals surface area (Å²) in [6.45, 7) is 0. The van der Waals surface area contributed by atoms with E-state index < -0.39 is 0 Å². The van der Waals surface area contributed by atoms with Crippen LogP contribution in [0.3, 0.4) is 0 Å². The zero-order valence-electron chi connectivity index (χ0n) is 5.52. The van der Waals surface area contributed by atoms with Crippen molar-refractivity contribution in [3.8, 4) is 0 Å². The van der Waals surface area contributed by atoms with Gasteiger partial charge in [0, 0.05) is 10.0 Å². The first-order chi connectivity index (χ1) is 5.24. The summed E-state index contributed by atoms with van der Waals surface area (Å²) in [6.07, 6.45) is 1.86. The average molecular weight is 252 g/mol. The average Bonchev–Trinajstić information content (AvgIpc) is 1.95. The highest BCUT2D eigenvalue weighted by atomic mass is 79.9. The van der Waals surface area contributed by atoms with Gasteiger partial charge in [-0.15, -0.1) is 0 Å². The first-order valence-corrected chi connectivity index (χ1v) is 4.63. The first-order valence-electron chi connectivity index (χ1n) is 2.96. The third-order valence-corrected chi connectivity index (χ3v) is 2.03. The molecule has 0 unspecified atom stereocenters. The van der Waals surface area contributed by atoms with Crippen LogP contribution >= 0.6 is 39.1 Å². The molecule has 0 saturated carbocycles. The molecule has 0 aromatic heterocycles. The van der Waals surface area contributed by atoms with E-state index in [1.807, 2.05) is 12.1 Å². The molecule has 0 nitrogen and oxygen atoms in total. The molecule has 1 rings (SSSR count). The highest BCUT2D eigenvalue weighted by molar-refractivity contribution is 9.11. The lowest BCUT2D eigenvalue weighted by Gasteiger charge is -1.96. The van der Waals surface area contributed by atoms with E-state index in [9.17, 15) is 0 Å². The smallest absolute Gasteiger partial charge is 0.0493 e. The number of benzene rings is 1. The number of halogens is 3. The van der Waals surface area contributed by atoms with E-state index in [0.717, 1.165) is 5.56 Å². The van der Waals surface area contributed by atoms with Gasteiger partial charge in [-0.2, -0.15) is 0 Å². The zero-order valence-corrected chi connectivity index (χ0v) is 8.62. The summed E-state index contributed by atoms with van der Waals surface area (Å²) in [5, 5.41) is 1.31. The van der Waals surface area contributed by atoms with Crippen LogP contribution in [0.25, 0.3) is 6.08 Å². The van der Waals surface area contributed by atoms with Gasteiger partial charge in [0.2, 0.25) is 0 Å². The SMILES string of the molecule is Clc1ccc(/C=C\Br)c(Cl)c1. The van der Waals surface area contributed by atoms with Gasteiger partial charge in [0.05, 0.1) is 0 Å². The predicted octanol–water partition coefficient (Wildman–Crippen LogP) is 4.36. The largest absolute Gasteiger partial charge is 0.0843 e. The van der Waals surface area contributed by atoms with E-state index in [1.54, 1.807) is 17.1 Å². The Morgan fingerprint density at radius 3 is 2.55 bits per heavy atom. The molecule has 0 atom stereocenters. The van der Waals surface area contributed by atoms with Crippen LogP contribution in [0, 0.1) is 0 Å². The summed E-state index contributed by atoms with van der Waals surface area (Å²) >= 11 is 14.7. The molecule has 0 fully saturated rings. The molecular weight excluding hydrogens is 247 g/mol. The topological polar surface area (TPSA) is 0 Å². The van der Waals surface area contributed by atoms with Gasteiger partial charge < -0.3 is 0 Å². The Kier molecular flexibility index (Phi) is 3.44. The molecule has 0 saturated heterocycles. The number of hydrogen-bond donors (Lipinski definition) is 0. The maximum atomic E-state index is 5.85. The van der Waals surface area contributed by atoms with Crippen molar-refractivity contribution in [1.82, 2.24) is 0 Å². The maximum absolute atomic E-state index is 5.85. The number of rotatable bonds is 1. The molecule has 0 amide bonds. The van der Waals surface area contributed by atoms with E-state index in [1.165, 1.54) is 0 Å². The van der Waals surface area contributed by atoms with E-state index in [2.05, 4.69) is 15.9 Å². The minimum atomic E-state index is 0.654. The van der Waals surface area contributed by atoms with Crippen molar-refractivity contribution in [3.05, 3.63) is 38.8 Å². The summed E-state index contributed by atoms with van der Waals surface area (Å²) < 4.78 is 0. The molecule has 0 aliphatic rings. The molecule has 11 heavy (non-hydrogen) atoms. The fourth-order valence-electron chi connectivity index (χ4n) is 0.705. The summed E-state index contributed by atoms with van der Waals surface area (Å²) in [7, 11) is 0. The molecular formula is C8H5BrCl2. The predicted molar refractivity (Wildman–Crippen MR) is 54.4 cm³/mol. The lowest BCUT2D eigenvalue weighted by atomic mass is 10.2. The molecule has 58 valence electrons. The summed E-state index contributed by atoms with van der Waals surface area (Å²) in [5.41, 5.74) is 0.952. The van der Waals surface area contributed by atoms with Crippen molar-refractivity contribution >= 4 is 45.2 Å². The third kappa shape index (κ3) is 2.51. The lowest BCUT2D eigenvalue weighted by Crippen LogP contribution is -1.73. The van der Waals surface area contributed by atoms with Gasteiger partial charge in [0.25, 0.3) is 0 Å². The first kappa shape index (κ1) is 9.11. The van der Waals surface area contributed by atoms with Crippen LogP contribution in [0.5, 0.6) is 0 Å². The minimum Gasteiger partial charge on any atom is -0.0843 e. The Bertz CT molecular complexity index is 281. The van der Waals surface area contributed by atoms with Crippen molar-refractivity contribution in [1.29, 1.82) is 0 Å². The Morgan fingerprint density at radius 1 is 1.27 bits per heavy atom. The van der Waals surface area contributed by atoms with Gasteiger partial charge >= 0.3 is 0 Å². The van der Waals surface area contributed by atoms with Crippen LogP contribution in [0.1, 0.15) is 5.56 Å². The second-order valence-electron chi connectivity index (χ2n) is 1.96. The summed E-state index contributed by atoms with van der Waals surface area (Å²) in [5.74, 6) is 0. The van der Waals surface area contributed by atoms with Gasteiger partial charge in [0.15, 0.2) is 0 Å². The Morgan fingerprint density at radius 2 is 2.00 bits per heavy atom. The van der Waals surface area contributed by atoms with Crippen LogP contribution in [0.2, 0.25) is 10.0 Å². The summed E-state index contributed by atoms with van der Waals surface area (Å²) in [6, 6.07) is 5.38. The number of hydrogen-bond acceptors (Lipinski definition) is 0. The fraction of sp³-hybridized carbons (Fsp3) is 0. The highest BCUT2D eigenvalue weighted by Gasteiger charge is 1.95. The van der Waals surface area contributed by atoms with Crippen LogP contribution < -0.4 is 0 Å². The molecule has 3 heteroatoms. The molecule has 0 aliphatic heterocycles. The Hall–Kier alpha value is 0.0200. The molecule has 1 aromatic carbocycles. The summed E-state index contributed by atoms with van der Waals surface area (Å²) in [4.78, 5) is 1.75. The van der Waals surface area contributed by atoms with E-state index in [4.69, 9.17) is 23.2 Å².